The van der Waals surface area contributed by atoms with Gasteiger partial charge in [0.1, 0.15) is 29.4 Å². The Kier molecular flexibility index (Phi) is 11.1. The van der Waals surface area contributed by atoms with E-state index in [-0.39, 0.29) is 22.6 Å². The van der Waals surface area contributed by atoms with Crippen LogP contribution in [-0.4, -0.2) is 69.4 Å². The zero-order valence-electron chi connectivity index (χ0n) is 27.3. The molecule has 48 heavy (non-hydrogen) atoms. The van der Waals surface area contributed by atoms with Gasteiger partial charge in [0, 0.05) is 6.07 Å². The first kappa shape index (κ1) is 36.8. The van der Waals surface area contributed by atoms with Crippen LogP contribution in [-0.2, 0) is 23.9 Å². The molecular weight excluding hydrogens is 634 g/mol. The Morgan fingerprint density at radius 3 is 2.23 bits per heavy atom. The number of nitro benzene ring substituents is 1. The number of carbonyl (C=O) groups is 4. The van der Waals surface area contributed by atoms with Crippen molar-refractivity contribution in [3.8, 4) is 29.1 Å². The first-order chi connectivity index (χ1) is 22.2. The molecule has 0 spiro atoms. The fourth-order valence-corrected chi connectivity index (χ4v) is 4.48. The van der Waals surface area contributed by atoms with Crippen LogP contribution >= 0.6 is 0 Å². The van der Waals surface area contributed by atoms with Crippen molar-refractivity contribution in [2.45, 2.75) is 83.4 Å². The van der Waals surface area contributed by atoms with Crippen LogP contribution < -0.4 is 25.4 Å². The van der Waals surface area contributed by atoms with Gasteiger partial charge in [-0.15, -0.1) is 0 Å². The van der Waals surface area contributed by atoms with Gasteiger partial charge in [0.05, 0.1) is 24.5 Å². The number of benzene rings is 2. The number of nitro groups is 1. The quantitative estimate of drug-likeness (QED) is 0.174. The van der Waals surface area contributed by atoms with E-state index in [2.05, 4.69) is 16.0 Å². The van der Waals surface area contributed by atoms with E-state index in [9.17, 15) is 44.8 Å². The van der Waals surface area contributed by atoms with E-state index < -0.39 is 87.8 Å². The van der Waals surface area contributed by atoms with E-state index >= 15 is 0 Å². The summed E-state index contributed by atoms with van der Waals surface area (Å²) < 4.78 is 21.7. The lowest BCUT2D eigenvalue weighted by atomic mass is 9.99. The van der Waals surface area contributed by atoms with Gasteiger partial charge in [-0.2, -0.15) is 5.26 Å². The number of hydrogen-bond donors (Lipinski definition) is 5. The number of hydrogen-bond acceptors (Lipinski definition) is 13. The fraction of sp³-hybridized carbons (Fsp3) is 0.452. The topological polar surface area (TPSA) is 249 Å². The second kappa shape index (κ2) is 14.4. The van der Waals surface area contributed by atoms with Crippen LogP contribution in [0.2, 0.25) is 0 Å². The molecule has 2 aromatic carbocycles. The Morgan fingerprint density at radius 1 is 1.02 bits per heavy atom. The molecule has 0 radical (unpaired) electrons. The van der Waals surface area contributed by atoms with Crippen LogP contribution in [0.25, 0.3) is 0 Å². The third-order valence-corrected chi connectivity index (χ3v) is 6.46. The minimum Gasteiger partial charge on any atom is -0.504 e. The van der Waals surface area contributed by atoms with Crippen molar-refractivity contribution in [3.63, 3.8) is 0 Å². The molecule has 4 bridgehead atoms. The van der Waals surface area contributed by atoms with E-state index in [0.29, 0.717) is 0 Å². The monoisotopic (exact) mass is 671 g/mol. The molecule has 2 heterocycles. The molecule has 17 heteroatoms. The highest BCUT2D eigenvalue weighted by Gasteiger charge is 2.38. The molecule has 0 fully saturated rings. The Morgan fingerprint density at radius 2 is 1.67 bits per heavy atom. The molecule has 5 N–H and O–H groups in total. The number of nitriles is 1. The lowest BCUT2D eigenvalue weighted by Crippen LogP contribution is -2.56. The Labute approximate surface area is 275 Å². The van der Waals surface area contributed by atoms with E-state index in [4.69, 9.17) is 18.9 Å². The van der Waals surface area contributed by atoms with Gasteiger partial charge in [0.2, 0.25) is 23.3 Å². The van der Waals surface area contributed by atoms with Gasteiger partial charge >= 0.3 is 17.7 Å². The number of aliphatic hydroxyl groups excluding tert-OH is 1. The molecule has 0 aromatic heterocycles. The number of amides is 3. The lowest BCUT2D eigenvalue weighted by Gasteiger charge is -2.29. The number of phenolic OH excluding ortho intramolecular Hbond substituents is 1. The zero-order valence-corrected chi connectivity index (χ0v) is 27.3. The predicted molar refractivity (Wildman–Crippen MR) is 165 cm³/mol. The summed E-state index contributed by atoms with van der Waals surface area (Å²) in [4.78, 5) is 64.7. The number of methoxy groups -OCH3 is 1. The van der Waals surface area contributed by atoms with Crippen molar-refractivity contribution in [2.75, 3.05) is 7.11 Å². The van der Waals surface area contributed by atoms with Crippen LogP contribution in [0, 0.1) is 21.4 Å². The van der Waals surface area contributed by atoms with Crippen LogP contribution in [0.15, 0.2) is 30.3 Å². The molecule has 4 rings (SSSR count). The highest BCUT2D eigenvalue weighted by molar-refractivity contribution is 5.94. The third-order valence-electron chi connectivity index (χ3n) is 6.46. The molecular formula is C31H37N5O12. The largest absolute Gasteiger partial charge is 0.504 e. The van der Waals surface area contributed by atoms with Crippen molar-refractivity contribution in [1.29, 1.82) is 5.26 Å². The number of alkyl carbamates (subject to hydrolysis) is 1. The SMILES string of the molecule is COc1c(O)cc2cc1Oc1ccc(cc1[N+](=O)[O-])[C@@H](O)[C@H](NC(=O)OC(C)(C)C)C(=O)N[C@@H](CC#N)C(=O)N[C@H]2C(=O)OC(C)(C)C. The summed E-state index contributed by atoms with van der Waals surface area (Å²) in [7, 11) is 1.18. The minimum atomic E-state index is -1.97. The predicted octanol–water partition coefficient (Wildman–Crippen LogP) is 2.94. The summed E-state index contributed by atoms with van der Waals surface area (Å²) >= 11 is 0. The van der Waals surface area contributed by atoms with Gasteiger partial charge in [0.25, 0.3) is 0 Å². The number of aromatic hydroxyl groups is 1. The van der Waals surface area contributed by atoms with E-state index in [1.165, 1.54) is 19.2 Å². The normalized spacial score (nSPS) is 19.9. The number of rotatable bonds is 5. The highest BCUT2D eigenvalue weighted by Crippen LogP contribution is 2.44. The maximum atomic E-state index is 13.6. The molecule has 258 valence electrons. The third kappa shape index (κ3) is 9.22. The van der Waals surface area contributed by atoms with Gasteiger partial charge < -0.3 is 45.1 Å². The molecule has 17 nitrogen and oxygen atoms in total. The first-order valence-corrected chi connectivity index (χ1v) is 14.5. The molecule has 2 aliphatic rings. The molecule has 0 aliphatic carbocycles. The highest BCUT2D eigenvalue weighted by atomic mass is 16.6. The van der Waals surface area contributed by atoms with E-state index in [0.717, 1.165) is 18.2 Å². The van der Waals surface area contributed by atoms with E-state index in [1.54, 1.807) is 47.6 Å². The Balaban J connectivity index is 2.30. The number of ether oxygens (including phenoxy) is 4. The number of aliphatic hydroxyl groups is 1. The summed E-state index contributed by atoms with van der Waals surface area (Å²) in [6.07, 6.45) is -3.77. The van der Waals surface area contributed by atoms with Gasteiger partial charge in [-0.3, -0.25) is 19.7 Å². The van der Waals surface area contributed by atoms with Gasteiger partial charge in [-0.05, 0) is 70.9 Å². The summed E-state index contributed by atoms with van der Waals surface area (Å²) in [5, 5.41) is 50.7. The van der Waals surface area contributed by atoms with Crippen LogP contribution in [0.4, 0.5) is 10.5 Å². The molecule has 2 aliphatic heterocycles. The summed E-state index contributed by atoms with van der Waals surface area (Å²) in [5.41, 5.74) is -3.16. The number of nitrogens with zero attached hydrogens (tertiary/aromatic N) is 2. The second-order valence-corrected chi connectivity index (χ2v) is 12.6. The summed E-state index contributed by atoms with van der Waals surface area (Å²) in [5.74, 6) is -4.86. The Hall–Kier alpha value is -5.63. The van der Waals surface area contributed by atoms with Crippen molar-refractivity contribution in [2.24, 2.45) is 0 Å². The smallest absolute Gasteiger partial charge is 0.408 e. The van der Waals surface area contributed by atoms with Crippen molar-refractivity contribution >= 4 is 29.6 Å². The first-order valence-electron chi connectivity index (χ1n) is 14.5. The Bertz CT molecular complexity index is 1640. The maximum Gasteiger partial charge on any atom is 0.408 e. The fourth-order valence-electron chi connectivity index (χ4n) is 4.48. The van der Waals surface area contributed by atoms with Crippen molar-refractivity contribution < 1.29 is 53.3 Å². The van der Waals surface area contributed by atoms with Gasteiger partial charge in [-0.1, -0.05) is 6.07 Å². The molecule has 0 saturated carbocycles. The van der Waals surface area contributed by atoms with Gasteiger partial charge in [-0.25, -0.2) is 9.59 Å². The number of phenols is 1. The number of fused-ring (bicyclic) bond motifs is 9. The van der Waals surface area contributed by atoms with Crippen molar-refractivity contribution in [1.82, 2.24) is 16.0 Å². The van der Waals surface area contributed by atoms with Crippen LogP contribution in [0.5, 0.6) is 23.0 Å². The maximum absolute atomic E-state index is 13.6. The average Bonchev–Trinajstić information content (AvgIpc) is 2.95. The second-order valence-electron chi connectivity index (χ2n) is 12.6. The minimum absolute atomic E-state index is 0.126. The average molecular weight is 672 g/mol. The van der Waals surface area contributed by atoms with Crippen LogP contribution in [0.1, 0.15) is 71.2 Å². The zero-order chi connectivity index (χ0) is 36.1. The molecule has 0 unspecified atom stereocenters. The summed E-state index contributed by atoms with van der Waals surface area (Å²) in [6.45, 7) is 9.32. The molecule has 2 aromatic rings. The lowest BCUT2D eigenvalue weighted by molar-refractivity contribution is -0.385. The number of carbonyl (C=O) groups excluding carboxylic acids is 4. The van der Waals surface area contributed by atoms with E-state index in [1.807, 2.05) is 0 Å². The van der Waals surface area contributed by atoms with Crippen molar-refractivity contribution in [3.05, 3.63) is 51.6 Å². The standard InChI is InChI=1S/C31H37N5O12/c1-30(2,3)47-28(41)22-16-13-19(37)25(45-7)21(14-16)46-20-9-8-15(12-18(20)36(43)44)24(38)23(35-29(42)48-31(4,5)6)27(40)33-17(10-11-32)26(39)34-22/h8-9,12-14,17,22-24,37-38H,10H2,1-7H3,(H,33,40)(H,34,39)(H,35,42)/t17-,22+,23-,24+/m0/s1. The number of esters is 1. The molecule has 4 atom stereocenters. The van der Waals surface area contributed by atoms with Crippen LogP contribution in [0.3, 0.4) is 0 Å². The van der Waals surface area contributed by atoms with Gasteiger partial charge in [0.15, 0.2) is 17.5 Å². The number of nitrogens with one attached hydrogen (secondary N) is 3. The molecule has 0 saturated heterocycles. The molecule has 3 amide bonds. The summed E-state index contributed by atoms with van der Waals surface area (Å²) in [6, 6.07) is 1.87.